The summed E-state index contributed by atoms with van der Waals surface area (Å²) in [6.07, 6.45) is 0. The maximum Gasteiger partial charge on any atom is 0.260 e. The Kier molecular flexibility index (Phi) is 4.42. The van der Waals surface area contributed by atoms with Crippen LogP contribution in [-0.4, -0.2) is 17.2 Å². The third kappa shape index (κ3) is 2.89. The van der Waals surface area contributed by atoms with Gasteiger partial charge in [-0.1, -0.05) is 54.1 Å². The van der Waals surface area contributed by atoms with E-state index in [0.29, 0.717) is 25.7 Å². The number of aromatic amines is 1. The van der Waals surface area contributed by atoms with Crippen molar-refractivity contribution in [3.8, 4) is 33.8 Å². The number of fused-ring (bicyclic) bond motifs is 1. The molecule has 4 rings (SSSR count). The van der Waals surface area contributed by atoms with Gasteiger partial charge < -0.3 is 14.8 Å². The quantitative estimate of drug-likeness (QED) is 0.473. The standard InChI is InChI=1S/C21H16ClNO3S/c1-11-8-9-13(10-14(11)26-2)15-17-18(24)16(12-6-4-3-5-7-12)20(25)23-21(17)27-19(15)22/h3-10H,1-2H3,(H2,23,24,25). The van der Waals surface area contributed by atoms with Crippen LogP contribution >= 0.6 is 22.9 Å². The van der Waals surface area contributed by atoms with Crippen molar-refractivity contribution < 1.29 is 9.84 Å². The predicted molar refractivity (Wildman–Crippen MR) is 111 cm³/mol. The first-order valence-corrected chi connectivity index (χ1v) is 9.48. The molecular weight excluding hydrogens is 382 g/mol. The van der Waals surface area contributed by atoms with E-state index in [1.54, 1.807) is 19.2 Å². The molecule has 136 valence electrons. The Morgan fingerprint density at radius 3 is 2.52 bits per heavy atom. The van der Waals surface area contributed by atoms with Crippen LogP contribution in [0.4, 0.5) is 0 Å². The molecule has 0 saturated carbocycles. The molecule has 0 aliphatic rings. The highest BCUT2D eigenvalue weighted by Crippen LogP contribution is 2.47. The largest absolute Gasteiger partial charge is 0.506 e. The molecule has 6 heteroatoms. The molecule has 4 nitrogen and oxygen atoms in total. The SMILES string of the molecule is COc1cc(-c2c(Cl)sc3[nH]c(=O)c(-c4ccccc4)c(O)c23)ccc1C. The van der Waals surface area contributed by atoms with Gasteiger partial charge in [-0.3, -0.25) is 4.79 Å². The second kappa shape index (κ2) is 6.76. The number of hydrogen-bond donors (Lipinski definition) is 2. The molecule has 2 aromatic carbocycles. The smallest absolute Gasteiger partial charge is 0.260 e. The van der Waals surface area contributed by atoms with Gasteiger partial charge >= 0.3 is 0 Å². The molecule has 0 amide bonds. The average molecular weight is 398 g/mol. The molecule has 2 heterocycles. The Hall–Kier alpha value is -2.76. The van der Waals surface area contributed by atoms with E-state index in [0.717, 1.165) is 16.9 Å². The molecule has 0 aliphatic carbocycles. The van der Waals surface area contributed by atoms with Gasteiger partial charge in [0.2, 0.25) is 0 Å². The van der Waals surface area contributed by atoms with E-state index in [4.69, 9.17) is 16.3 Å². The number of pyridine rings is 1. The second-order valence-electron chi connectivity index (χ2n) is 6.18. The van der Waals surface area contributed by atoms with Gasteiger partial charge in [0.05, 0.1) is 18.1 Å². The van der Waals surface area contributed by atoms with Crippen LogP contribution in [0.5, 0.6) is 11.5 Å². The summed E-state index contributed by atoms with van der Waals surface area (Å²) in [7, 11) is 1.61. The molecule has 0 fully saturated rings. The second-order valence-corrected chi connectivity index (χ2v) is 7.81. The topological polar surface area (TPSA) is 62.3 Å². The molecule has 0 bridgehead atoms. The molecule has 4 aromatic rings. The fourth-order valence-electron chi connectivity index (χ4n) is 3.22. The number of nitrogens with one attached hydrogen (secondary N) is 1. The lowest BCUT2D eigenvalue weighted by atomic mass is 9.99. The van der Waals surface area contributed by atoms with Crippen LogP contribution in [0.2, 0.25) is 4.34 Å². The van der Waals surface area contributed by atoms with Crippen LogP contribution < -0.4 is 10.3 Å². The Bertz CT molecular complexity index is 1210. The molecule has 0 aliphatic heterocycles. The third-order valence-electron chi connectivity index (χ3n) is 4.55. The highest BCUT2D eigenvalue weighted by Gasteiger charge is 2.22. The first-order chi connectivity index (χ1) is 13.0. The van der Waals surface area contributed by atoms with Crippen molar-refractivity contribution in [3.63, 3.8) is 0 Å². The lowest BCUT2D eigenvalue weighted by Gasteiger charge is -2.10. The van der Waals surface area contributed by atoms with Gasteiger partial charge in [0.25, 0.3) is 5.56 Å². The summed E-state index contributed by atoms with van der Waals surface area (Å²) in [5.41, 5.74) is 3.03. The van der Waals surface area contributed by atoms with Crippen LogP contribution in [0.1, 0.15) is 5.56 Å². The summed E-state index contributed by atoms with van der Waals surface area (Å²) in [6, 6.07) is 14.8. The number of aromatic hydroxyl groups is 1. The number of hydrogen-bond acceptors (Lipinski definition) is 4. The van der Waals surface area contributed by atoms with Gasteiger partial charge in [-0.05, 0) is 29.7 Å². The van der Waals surface area contributed by atoms with Crippen LogP contribution in [-0.2, 0) is 0 Å². The number of rotatable bonds is 3. The van der Waals surface area contributed by atoms with Gasteiger partial charge in [0.15, 0.2) is 0 Å². The van der Waals surface area contributed by atoms with Crippen LogP contribution in [0.25, 0.3) is 32.5 Å². The van der Waals surface area contributed by atoms with E-state index in [1.165, 1.54) is 11.3 Å². The summed E-state index contributed by atoms with van der Waals surface area (Å²) in [4.78, 5) is 16.0. The Morgan fingerprint density at radius 1 is 1.07 bits per heavy atom. The number of benzene rings is 2. The van der Waals surface area contributed by atoms with Crippen molar-refractivity contribution in [2.24, 2.45) is 0 Å². The van der Waals surface area contributed by atoms with Gasteiger partial charge in [-0.15, -0.1) is 11.3 Å². The molecule has 0 unspecified atom stereocenters. The van der Waals surface area contributed by atoms with Crippen molar-refractivity contribution >= 4 is 33.2 Å². The van der Waals surface area contributed by atoms with E-state index in [-0.39, 0.29) is 16.9 Å². The van der Waals surface area contributed by atoms with Crippen molar-refractivity contribution in [1.29, 1.82) is 0 Å². The van der Waals surface area contributed by atoms with Crippen LogP contribution in [0.15, 0.2) is 53.3 Å². The summed E-state index contributed by atoms with van der Waals surface area (Å²) < 4.78 is 5.91. The number of ether oxygens (including phenoxy) is 1. The number of thiophene rings is 1. The van der Waals surface area contributed by atoms with Crippen molar-refractivity contribution in [2.75, 3.05) is 7.11 Å². The molecule has 0 spiro atoms. The number of methoxy groups -OCH3 is 1. The Morgan fingerprint density at radius 2 is 1.81 bits per heavy atom. The normalized spacial score (nSPS) is 11.1. The first kappa shape index (κ1) is 17.6. The summed E-state index contributed by atoms with van der Waals surface area (Å²) in [5, 5.41) is 11.6. The highest BCUT2D eigenvalue weighted by molar-refractivity contribution is 7.23. The Balaban J connectivity index is 2.06. The van der Waals surface area contributed by atoms with E-state index in [1.807, 2.05) is 43.3 Å². The minimum Gasteiger partial charge on any atom is -0.506 e. The monoisotopic (exact) mass is 397 g/mol. The molecule has 2 aromatic heterocycles. The number of halogens is 1. The zero-order valence-corrected chi connectivity index (χ0v) is 16.2. The lowest BCUT2D eigenvalue weighted by molar-refractivity contribution is 0.412. The summed E-state index contributed by atoms with van der Waals surface area (Å²) in [6.45, 7) is 1.96. The fraction of sp³-hybridized carbons (Fsp3) is 0.0952. The Labute approximate surface area is 164 Å². The summed E-state index contributed by atoms with van der Waals surface area (Å²) >= 11 is 7.74. The third-order valence-corrected chi connectivity index (χ3v) is 5.87. The zero-order valence-electron chi connectivity index (χ0n) is 14.7. The molecule has 0 saturated heterocycles. The van der Waals surface area contributed by atoms with E-state index < -0.39 is 0 Å². The lowest BCUT2D eigenvalue weighted by Crippen LogP contribution is -2.08. The average Bonchev–Trinajstić information content (AvgIpc) is 2.99. The molecule has 27 heavy (non-hydrogen) atoms. The van der Waals surface area contributed by atoms with Crippen LogP contribution in [0, 0.1) is 6.92 Å². The highest BCUT2D eigenvalue weighted by atomic mass is 35.5. The zero-order chi connectivity index (χ0) is 19.1. The fourth-order valence-corrected chi connectivity index (χ4v) is 4.60. The van der Waals surface area contributed by atoms with Gasteiger partial charge in [0, 0.05) is 5.56 Å². The van der Waals surface area contributed by atoms with E-state index in [2.05, 4.69) is 4.98 Å². The summed E-state index contributed by atoms with van der Waals surface area (Å²) in [5.74, 6) is 0.660. The van der Waals surface area contributed by atoms with Crippen molar-refractivity contribution in [2.45, 2.75) is 6.92 Å². The predicted octanol–water partition coefficient (Wildman–Crippen LogP) is 5.60. The van der Waals surface area contributed by atoms with Gasteiger partial charge in [0.1, 0.15) is 20.7 Å². The van der Waals surface area contributed by atoms with Crippen LogP contribution in [0.3, 0.4) is 0 Å². The van der Waals surface area contributed by atoms with E-state index >= 15 is 0 Å². The van der Waals surface area contributed by atoms with E-state index in [9.17, 15) is 9.90 Å². The maximum absolute atomic E-state index is 12.6. The molecule has 2 N–H and O–H groups in total. The van der Waals surface area contributed by atoms with Gasteiger partial charge in [-0.2, -0.15) is 0 Å². The number of aryl methyl sites for hydroxylation is 1. The minimum absolute atomic E-state index is 0.0716. The molecular formula is C21H16ClNO3S. The van der Waals surface area contributed by atoms with Crippen molar-refractivity contribution in [3.05, 3.63) is 68.8 Å². The number of aromatic nitrogens is 1. The number of H-pyrrole nitrogens is 1. The van der Waals surface area contributed by atoms with Crippen molar-refractivity contribution in [1.82, 2.24) is 4.98 Å². The maximum atomic E-state index is 12.6. The first-order valence-electron chi connectivity index (χ1n) is 8.29. The van der Waals surface area contributed by atoms with Gasteiger partial charge in [-0.25, -0.2) is 0 Å². The molecule has 0 atom stereocenters. The minimum atomic E-state index is -0.350. The molecule has 0 radical (unpaired) electrons.